The highest BCUT2D eigenvalue weighted by atomic mass is 127. The van der Waals surface area contributed by atoms with Crippen molar-refractivity contribution in [3.63, 3.8) is 0 Å². The molecule has 1 aromatic heterocycles. The summed E-state index contributed by atoms with van der Waals surface area (Å²) in [6, 6.07) is 7.92. The Morgan fingerprint density at radius 3 is 2.50 bits per heavy atom. The van der Waals surface area contributed by atoms with E-state index < -0.39 is 0 Å². The third-order valence-corrected chi connectivity index (χ3v) is 5.07. The molecule has 0 saturated carbocycles. The minimum Gasteiger partial charge on any atom is -0.357 e. The van der Waals surface area contributed by atoms with Gasteiger partial charge in [-0.1, -0.05) is 19.1 Å². The zero-order valence-electron chi connectivity index (χ0n) is 16.7. The summed E-state index contributed by atoms with van der Waals surface area (Å²) in [5, 5.41) is 10.6. The largest absolute Gasteiger partial charge is 0.357 e. The molecule has 28 heavy (non-hydrogen) atoms. The van der Waals surface area contributed by atoms with E-state index in [0.717, 1.165) is 55.6 Å². The van der Waals surface area contributed by atoms with Crippen LogP contribution in [0, 0.1) is 0 Å². The fraction of sp³-hybridized carbons (Fsp3) is 0.450. The number of anilines is 1. The summed E-state index contributed by atoms with van der Waals surface area (Å²) >= 11 is 1.77. The Bertz CT molecular complexity index is 745. The molecule has 3 N–H and O–H groups in total. The first-order valence-electron chi connectivity index (χ1n) is 9.43. The van der Waals surface area contributed by atoms with Crippen LogP contribution in [0.5, 0.6) is 0 Å². The van der Waals surface area contributed by atoms with E-state index in [9.17, 15) is 4.79 Å². The van der Waals surface area contributed by atoms with Crippen molar-refractivity contribution in [1.82, 2.24) is 15.6 Å². The minimum absolute atomic E-state index is 0. The van der Waals surface area contributed by atoms with Gasteiger partial charge in [0.05, 0.1) is 5.01 Å². The summed E-state index contributed by atoms with van der Waals surface area (Å²) in [6.07, 6.45) is 4.75. The number of nitrogens with zero attached hydrogens (tertiary/aromatic N) is 2. The number of aromatic nitrogens is 1. The molecule has 154 valence electrons. The Hall–Kier alpha value is -1.68. The highest BCUT2D eigenvalue weighted by Crippen LogP contribution is 2.13. The van der Waals surface area contributed by atoms with Crippen LogP contribution >= 0.6 is 35.3 Å². The Balaban J connectivity index is 0.00000392. The van der Waals surface area contributed by atoms with Gasteiger partial charge in [-0.2, -0.15) is 0 Å². The molecule has 0 aliphatic carbocycles. The van der Waals surface area contributed by atoms with E-state index in [-0.39, 0.29) is 29.9 Å². The molecule has 0 fully saturated rings. The molecule has 1 amide bonds. The first-order chi connectivity index (χ1) is 13.1. The predicted octanol–water partition coefficient (Wildman–Crippen LogP) is 3.62. The van der Waals surface area contributed by atoms with Crippen molar-refractivity contribution >= 4 is 52.9 Å². The number of aliphatic imine (C=N–C) groups is 1. The second-order valence-corrected chi connectivity index (χ2v) is 7.34. The van der Waals surface area contributed by atoms with Gasteiger partial charge < -0.3 is 16.0 Å². The molecule has 0 saturated heterocycles. The first kappa shape index (κ1) is 24.4. The zero-order chi connectivity index (χ0) is 19.5. The van der Waals surface area contributed by atoms with Crippen molar-refractivity contribution in [2.24, 2.45) is 4.99 Å². The number of hydrogen-bond donors (Lipinski definition) is 3. The van der Waals surface area contributed by atoms with Crippen molar-refractivity contribution in [2.75, 3.05) is 25.0 Å². The highest BCUT2D eigenvalue weighted by Gasteiger charge is 2.02. The molecule has 2 rings (SSSR count). The molecule has 1 heterocycles. The van der Waals surface area contributed by atoms with Gasteiger partial charge in [0, 0.05) is 49.7 Å². The maximum atomic E-state index is 11.1. The van der Waals surface area contributed by atoms with Crippen molar-refractivity contribution in [3.8, 4) is 0 Å². The van der Waals surface area contributed by atoms with Crippen LogP contribution in [0.15, 0.2) is 35.5 Å². The molecule has 0 spiro atoms. The van der Waals surface area contributed by atoms with Gasteiger partial charge in [0.1, 0.15) is 0 Å². The molecule has 2 aromatic rings. The van der Waals surface area contributed by atoms with Gasteiger partial charge in [-0.15, -0.1) is 35.3 Å². The van der Waals surface area contributed by atoms with Gasteiger partial charge >= 0.3 is 0 Å². The average molecular weight is 515 g/mol. The minimum atomic E-state index is -0.0559. The lowest BCUT2D eigenvalue weighted by atomic mass is 10.1. The molecule has 0 bridgehead atoms. The average Bonchev–Trinajstić information content (AvgIpc) is 3.11. The summed E-state index contributed by atoms with van der Waals surface area (Å²) in [7, 11) is 0. The van der Waals surface area contributed by atoms with Crippen LogP contribution in [0.1, 0.15) is 36.2 Å². The van der Waals surface area contributed by atoms with E-state index in [2.05, 4.69) is 39.8 Å². The SMILES string of the molecule is CCNC(=NCCc1ncc(CC)s1)NCCc1ccc(NC(C)=O)cc1.I. The summed E-state index contributed by atoms with van der Waals surface area (Å²) in [5.74, 6) is 0.777. The van der Waals surface area contributed by atoms with Crippen LogP contribution in [0.4, 0.5) is 5.69 Å². The normalized spacial score (nSPS) is 10.9. The van der Waals surface area contributed by atoms with Gasteiger partial charge in [0.25, 0.3) is 0 Å². The smallest absolute Gasteiger partial charge is 0.221 e. The Kier molecular flexibility index (Phi) is 11.7. The predicted molar refractivity (Wildman–Crippen MR) is 129 cm³/mol. The van der Waals surface area contributed by atoms with Gasteiger partial charge in [-0.25, -0.2) is 4.98 Å². The number of rotatable bonds is 9. The van der Waals surface area contributed by atoms with E-state index in [1.54, 1.807) is 11.3 Å². The number of amides is 1. The van der Waals surface area contributed by atoms with Crippen LogP contribution < -0.4 is 16.0 Å². The van der Waals surface area contributed by atoms with Crippen molar-refractivity contribution in [1.29, 1.82) is 0 Å². The second-order valence-electron chi connectivity index (χ2n) is 6.14. The van der Waals surface area contributed by atoms with Gasteiger partial charge in [-0.3, -0.25) is 9.79 Å². The van der Waals surface area contributed by atoms with Gasteiger partial charge in [-0.05, 0) is 37.5 Å². The van der Waals surface area contributed by atoms with Crippen LogP contribution in [0.25, 0.3) is 0 Å². The number of guanidine groups is 1. The molecule has 0 aliphatic heterocycles. The fourth-order valence-corrected chi connectivity index (χ4v) is 3.37. The zero-order valence-corrected chi connectivity index (χ0v) is 19.9. The molecule has 0 atom stereocenters. The number of halogens is 1. The van der Waals surface area contributed by atoms with Crippen LogP contribution in [-0.4, -0.2) is 36.5 Å². The standard InChI is InChI=1S/C20H29N5OS.HI/c1-4-18-14-24-19(27-18)11-13-23-20(21-5-2)22-12-10-16-6-8-17(9-7-16)25-15(3)26;/h6-9,14H,4-5,10-13H2,1-3H3,(H,25,26)(H2,21,22,23);1H. The number of thiazole rings is 1. The Morgan fingerprint density at radius 1 is 1.14 bits per heavy atom. The van der Waals surface area contributed by atoms with Crippen molar-refractivity contribution in [2.45, 2.75) is 40.0 Å². The molecule has 0 radical (unpaired) electrons. The first-order valence-corrected chi connectivity index (χ1v) is 10.2. The van der Waals surface area contributed by atoms with Gasteiger partial charge in [0.15, 0.2) is 5.96 Å². The number of carbonyl (C=O) groups is 1. The lowest BCUT2D eigenvalue weighted by Crippen LogP contribution is -2.38. The summed E-state index contributed by atoms with van der Waals surface area (Å²) in [4.78, 5) is 21.5. The molecular formula is C20H30IN5OS. The van der Waals surface area contributed by atoms with Crippen molar-refractivity contribution < 1.29 is 4.79 Å². The maximum Gasteiger partial charge on any atom is 0.221 e. The summed E-state index contributed by atoms with van der Waals surface area (Å²) in [6.45, 7) is 8.06. The van der Waals surface area contributed by atoms with Crippen LogP contribution in [-0.2, 0) is 24.1 Å². The number of benzene rings is 1. The topological polar surface area (TPSA) is 78.4 Å². The summed E-state index contributed by atoms with van der Waals surface area (Å²) in [5.41, 5.74) is 2.03. The number of aryl methyl sites for hydroxylation is 1. The monoisotopic (exact) mass is 515 g/mol. The number of hydrogen-bond acceptors (Lipinski definition) is 4. The quantitative estimate of drug-likeness (QED) is 0.271. The number of nitrogens with one attached hydrogen (secondary N) is 3. The van der Waals surface area contributed by atoms with E-state index in [1.807, 2.05) is 30.5 Å². The molecule has 8 heteroatoms. The molecule has 0 aliphatic rings. The lowest BCUT2D eigenvalue weighted by molar-refractivity contribution is -0.114. The molecule has 1 aromatic carbocycles. The maximum absolute atomic E-state index is 11.1. The van der Waals surface area contributed by atoms with E-state index in [1.165, 1.54) is 17.4 Å². The van der Waals surface area contributed by atoms with E-state index in [0.29, 0.717) is 0 Å². The third kappa shape index (κ3) is 9.01. The highest BCUT2D eigenvalue weighted by molar-refractivity contribution is 14.0. The lowest BCUT2D eigenvalue weighted by Gasteiger charge is -2.11. The third-order valence-electron chi connectivity index (χ3n) is 3.87. The van der Waals surface area contributed by atoms with Gasteiger partial charge in [0.2, 0.25) is 5.91 Å². The van der Waals surface area contributed by atoms with E-state index in [4.69, 9.17) is 0 Å². The van der Waals surface area contributed by atoms with E-state index >= 15 is 0 Å². The van der Waals surface area contributed by atoms with Crippen LogP contribution in [0.3, 0.4) is 0 Å². The Morgan fingerprint density at radius 2 is 1.89 bits per heavy atom. The summed E-state index contributed by atoms with van der Waals surface area (Å²) < 4.78 is 0. The fourth-order valence-electron chi connectivity index (χ4n) is 2.52. The molecule has 0 unspecified atom stereocenters. The van der Waals surface area contributed by atoms with Crippen molar-refractivity contribution in [3.05, 3.63) is 45.9 Å². The molecule has 6 nitrogen and oxygen atoms in total. The van der Waals surface area contributed by atoms with Crippen LogP contribution in [0.2, 0.25) is 0 Å². The molecular weight excluding hydrogens is 485 g/mol. The Labute approximate surface area is 188 Å². The number of carbonyl (C=O) groups excluding carboxylic acids is 1. The second kappa shape index (κ2) is 13.5.